The molecule has 2 heteroatoms. The van der Waals surface area contributed by atoms with E-state index < -0.39 is 0 Å². The lowest BCUT2D eigenvalue weighted by Crippen LogP contribution is -2.25. The molecule has 2 N–H and O–H groups in total. The molecule has 70 valence electrons. The van der Waals surface area contributed by atoms with Crippen molar-refractivity contribution >= 4 is 5.78 Å². The molecule has 0 aliphatic rings. The van der Waals surface area contributed by atoms with E-state index in [1.54, 1.807) is 6.92 Å². The van der Waals surface area contributed by atoms with E-state index in [9.17, 15) is 4.79 Å². The number of hydrogen-bond donors (Lipinski definition) is 1. The molecular weight excluding hydrogens is 150 g/mol. The summed E-state index contributed by atoms with van der Waals surface area (Å²) in [6, 6.07) is 0. The summed E-state index contributed by atoms with van der Waals surface area (Å²) >= 11 is 0. The molecule has 0 saturated heterocycles. The molecule has 0 aliphatic heterocycles. The zero-order valence-electron chi connectivity index (χ0n) is 8.26. The molecule has 0 radical (unpaired) electrons. The van der Waals surface area contributed by atoms with Gasteiger partial charge in [-0.05, 0) is 19.8 Å². The molecule has 2 unspecified atom stereocenters. The first kappa shape index (κ1) is 11.2. The average Bonchev–Trinajstić information content (AvgIpc) is 1.98. The fourth-order valence-electron chi connectivity index (χ4n) is 1.66. The number of ketones is 1. The first-order valence-electron chi connectivity index (χ1n) is 4.49. The van der Waals surface area contributed by atoms with E-state index in [2.05, 4.69) is 6.58 Å². The van der Waals surface area contributed by atoms with E-state index in [1.807, 2.05) is 13.8 Å². The van der Waals surface area contributed by atoms with Crippen molar-refractivity contribution in [2.45, 2.75) is 33.6 Å². The quantitative estimate of drug-likeness (QED) is 0.685. The number of rotatable bonds is 5. The Morgan fingerprint density at radius 3 is 1.83 bits per heavy atom. The molecule has 0 heterocycles. The Morgan fingerprint density at radius 2 is 1.75 bits per heavy atom. The Hall–Kier alpha value is -0.790. The van der Waals surface area contributed by atoms with Gasteiger partial charge in [0, 0.05) is 17.5 Å². The third kappa shape index (κ3) is 2.68. The molecule has 0 aromatic rings. The number of nitrogens with two attached hydrogens (primary N) is 1. The molecule has 2 nitrogen and oxygen atoms in total. The monoisotopic (exact) mass is 169 g/mol. The van der Waals surface area contributed by atoms with E-state index in [1.165, 1.54) is 0 Å². The molecule has 0 spiro atoms. The Bertz CT molecular complexity index is 155. The van der Waals surface area contributed by atoms with E-state index in [4.69, 9.17) is 5.73 Å². The summed E-state index contributed by atoms with van der Waals surface area (Å²) in [6.07, 6.45) is 1.75. The minimum atomic E-state index is 0.0625. The highest BCUT2D eigenvalue weighted by Crippen LogP contribution is 2.23. The molecule has 0 bridgehead atoms. The van der Waals surface area contributed by atoms with Crippen molar-refractivity contribution in [2.24, 2.45) is 17.6 Å². The highest BCUT2D eigenvalue weighted by molar-refractivity contribution is 5.78. The third-order valence-corrected chi connectivity index (χ3v) is 2.36. The molecule has 0 saturated carbocycles. The van der Waals surface area contributed by atoms with E-state index in [-0.39, 0.29) is 17.6 Å². The van der Waals surface area contributed by atoms with Gasteiger partial charge >= 0.3 is 0 Å². The van der Waals surface area contributed by atoms with Gasteiger partial charge < -0.3 is 5.73 Å². The van der Waals surface area contributed by atoms with Crippen molar-refractivity contribution in [3.63, 3.8) is 0 Å². The summed E-state index contributed by atoms with van der Waals surface area (Å²) in [5.41, 5.74) is 6.25. The van der Waals surface area contributed by atoms with Gasteiger partial charge in [0.15, 0.2) is 0 Å². The molecule has 12 heavy (non-hydrogen) atoms. The SMILES string of the molecule is C=C(N)C(CC)C(CC)C(C)=O. The van der Waals surface area contributed by atoms with Crippen LogP contribution in [-0.2, 0) is 4.79 Å². The molecule has 0 aromatic carbocycles. The van der Waals surface area contributed by atoms with Crippen LogP contribution in [0.1, 0.15) is 33.6 Å². The lowest BCUT2D eigenvalue weighted by atomic mass is 9.83. The summed E-state index contributed by atoms with van der Waals surface area (Å²) < 4.78 is 0. The maximum Gasteiger partial charge on any atom is 0.133 e. The van der Waals surface area contributed by atoms with Crippen LogP contribution in [0.3, 0.4) is 0 Å². The van der Waals surface area contributed by atoms with Gasteiger partial charge in [-0.15, -0.1) is 0 Å². The van der Waals surface area contributed by atoms with Gasteiger partial charge in [0.25, 0.3) is 0 Å². The van der Waals surface area contributed by atoms with E-state index >= 15 is 0 Å². The lowest BCUT2D eigenvalue weighted by Gasteiger charge is -2.22. The topological polar surface area (TPSA) is 43.1 Å². The van der Waals surface area contributed by atoms with Crippen LogP contribution in [0.4, 0.5) is 0 Å². The van der Waals surface area contributed by atoms with Crippen LogP contribution < -0.4 is 5.73 Å². The van der Waals surface area contributed by atoms with Crippen molar-refractivity contribution in [1.82, 2.24) is 0 Å². The first-order chi connectivity index (χ1) is 5.54. The number of carbonyl (C=O) groups excluding carboxylic acids is 1. The van der Waals surface area contributed by atoms with Crippen molar-refractivity contribution in [2.75, 3.05) is 0 Å². The Kier molecular flexibility index (Phi) is 4.64. The zero-order chi connectivity index (χ0) is 9.72. The highest BCUT2D eigenvalue weighted by Gasteiger charge is 2.23. The zero-order valence-corrected chi connectivity index (χ0v) is 8.26. The van der Waals surface area contributed by atoms with Crippen molar-refractivity contribution in [3.05, 3.63) is 12.3 Å². The molecule has 0 aliphatic carbocycles. The summed E-state index contributed by atoms with van der Waals surface area (Å²) in [4.78, 5) is 11.2. The lowest BCUT2D eigenvalue weighted by molar-refractivity contribution is -0.122. The fourth-order valence-corrected chi connectivity index (χ4v) is 1.66. The van der Waals surface area contributed by atoms with Crippen LogP contribution in [0.25, 0.3) is 0 Å². The van der Waals surface area contributed by atoms with E-state index in [0.717, 1.165) is 12.8 Å². The van der Waals surface area contributed by atoms with Gasteiger partial charge in [0.05, 0.1) is 0 Å². The predicted molar refractivity (Wildman–Crippen MR) is 51.6 cm³/mol. The summed E-state index contributed by atoms with van der Waals surface area (Å²) in [7, 11) is 0. The van der Waals surface area contributed by atoms with Crippen LogP contribution in [0.15, 0.2) is 12.3 Å². The Labute approximate surface area is 74.8 Å². The van der Waals surface area contributed by atoms with Crippen LogP contribution in [0.5, 0.6) is 0 Å². The first-order valence-corrected chi connectivity index (χ1v) is 4.49. The summed E-state index contributed by atoms with van der Waals surface area (Å²) in [5.74, 6) is 0.441. The molecular formula is C10H19NO. The number of carbonyl (C=O) groups is 1. The maximum absolute atomic E-state index is 11.2. The summed E-state index contributed by atoms with van der Waals surface area (Å²) in [6.45, 7) is 9.38. The second kappa shape index (κ2) is 4.96. The molecule has 2 atom stereocenters. The predicted octanol–water partition coefficient (Wildman–Crippen LogP) is 2.10. The second-order valence-electron chi connectivity index (χ2n) is 3.22. The van der Waals surface area contributed by atoms with Crippen LogP contribution >= 0.6 is 0 Å². The average molecular weight is 169 g/mol. The normalized spacial score (nSPS) is 15.2. The minimum absolute atomic E-state index is 0.0625. The van der Waals surface area contributed by atoms with Crippen LogP contribution in [0.2, 0.25) is 0 Å². The highest BCUT2D eigenvalue weighted by atomic mass is 16.1. The van der Waals surface area contributed by atoms with Gasteiger partial charge in [-0.3, -0.25) is 4.79 Å². The molecule has 0 rings (SSSR count). The number of Topliss-reactive ketones (excluding diaryl/α,β-unsaturated/α-hetero) is 1. The van der Waals surface area contributed by atoms with Gasteiger partial charge in [-0.2, -0.15) is 0 Å². The standard InChI is InChI=1S/C10H19NO/c1-5-9(7(3)11)10(6-2)8(4)12/h9-10H,3,5-6,11H2,1-2,4H3. The Balaban J connectivity index is 4.44. The van der Waals surface area contributed by atoms with E-state index in [0.29, 0.717) is 5.70 Å². The van der Waals surface area contributed by atoms with Crippen molar-refractivity contribution < 1.29 is 4.79 Å². The number of hydrogen-bond acceptors (Lipinski definition) is 2. The smallest absolute Gasteiger partial charge is 0.133 e. The van der Waals surface area contributed by atoms with Gasteiger partial charge in [-0.25, -0.2) is 0 Å². The van der Waals surface area contributed by atoms with Gasteiger partial charge in [0.1, 0.15) is 5.78 Å². The minimum Gasteiger partial charge on any atom is -0.402 e. The number of allylic oxidation sites excluding steroid dienone is 1. The van der Waals surface area contributed by atoms with Crippen molar-refractivity contribution in [1.29, 1.82) is 0 Å². The Morgan fingerprint density at radius 1 is 1.33 bits per heavy atom. The van der Waals surface area contributed by atoms with Gasteiger partial charge in [-0.1, -0.05) is 20.4 Å². The van der Waals surface area contributed by atoms with Gasteiger partial charge in [0.2, 0.25) is 0 Å². The van der Waals surface area contributed by atoms with Crippen LogP contribution in [0, 0.1) is 11.8 Å². The van der Waals surface area contributed by atoms with Crippen molar-refractivity contribution in [3.8, 4) is 0 Å². The maximum atomic E-state index is 11.2. The molecule has 0 amide bonds. The molecule has 0 aromatic heterocycles. The summed E-state index contributed by atoms with van der Waals surface area (Å²) in [5, 5.41) is 0. The third-order valence-electron chi connectivity index (χ3n) is 2.36. The van der Waals surface area contributed by atoms with Crippen LogP contribution in [-0.4, -0.2) is 5.78 Å². The second-order valence-corrected chi connectivity index (χ2v) is 3.22. The molecule has 0 fully saturated rings. The largest absolute Gasteiger partial charge is 0.402 e. The fraction of sp³-hybridized carbons (Fsp3) is 0.700.